The summed E-state index contributed by atoms with van der Waals surface area (Å²) in [6.45, 7) is 3.49. The molecule has 9 nitrogen and oxygen atoms in total. The lowest BCUT2D eigenvalue weighted by Gasteiger charge is -2.19. The molecule has 0 bridgehead atoms. The zero-order valence-electron chi connectivity index (χ0n) is 29.2. The molecule has 0 rings (SSSR count). The molecule has 0 aliphatic heterocycles. The molecule has 10 heteroatoms. The van der Waals surface area contributed by atoms with E-state index in [0.717, 1.165) is 51.4 Å². The van der Waals surface area contributed by atoms with E-state index in [1.165, 1.54) is 38.5 Å². The van der Waals surface area contributed by atoms with Crippen LogP contribution in [0, 0.1) is 0 Å². The van der Waals surface area contributed by atoms with Crippen molar-refractivity contribution in [3.63, 3.8) is 0 Å². The molecule has 3 N–H and O–H groups in total. The predicted molar refractivity (Wildman–Crippen MR) is 192 cm³/mol. The SMILES string of the molecule is CC/C=C\C/C=C\C/C=C\C/C=C\C/C=C\CCCC(=O)OC(COC(=O)CCCCCCCCCCC)COP(=O)(O)OCCN. The third-order valence-electron chi connectivity index (χ3n) is 6.92. The highest BCUT2D eigenvalue weighted by atomic mass is 31.2. The molecule has 0 aromatic carbocycles. The largest absolute Gasteiger partial charge is 0.472 e. The number of ether oxygens (including phenoxy) is 2. The van der Waals surface area contributed by atoms with E-state index >= 15 is 0 Å². The van der Waals surface area contributed by atoms with E-state index in [-0.39, 0.29) is 32.6 Å². The minimum atomic E-state index is -4.38. The van der Waals surface area contributed by atoms with Gasteiger partial charge in [-0.05, 0) is 51.4 Å². The van der Waals surface area contributed by atoms with Gasteiger partial charge in [-0.25, -0.2) is 4.57 Å². The average Bonchev–Trinajstić information content (AvgIpc) is 3.05. The smallest absolute Gasteiger partial charge is 0.462 e. The van der Waals surface area contributed by atoms with Crippen LogP contribution in [0.2, 0.25) is 0 Å². The van der Waals surface area contributed by atoms with Gasteiger partial charge in [0, 0.05) is 19.4 Å². The van der Waals surface area contributed by atoms with Gasteiger partial charge in [-0.1, -0.05) is 126 Å². The maximum Gasteiger partial charge on any atom is 0.472 e. The molecule has 0 aliphatic rings. The topological polar surface area (TPSA) is 134 Å². The number of esters is 2. The van der Waals surface area contributed by atoms with Gasteiger partial charge >= 0.3 is 19.8 Å². The van der Waals surface area contributed by atoms with Crippen molar-refractivity contribution in [1.29, 1.82) is 0 Å². The quantitative estimate of drug-likeness (QED) is 0.0308. The Bertz CT molecular complexity index is 960. The number of phosphoric ester groups is 1. The third kappa shape index (κ3) is 33.4. The van der Waals surface area contributed by atoms with Crippen LogP contribution in [-0.2, 0) is 32.7 Å². The fourth-order valence-electron chi connectivity index (χ4n) is 4.31. The number of carbonyl (C=O) groups excluding carboxylic acids is 2. The highest BCUT2D eigenvalue weighted by Gasteiger charge is 2.25. The van der Waals surface area contributed by atoms with Crippen molar-refractivity contribution in [2.45, 2.75) is 136 Å². The van der Waals surface area contributed by atoms with Crippen LogP contribution < -0.4 is 5.73 Å². The molecule has 0 amide bonds. The highest BCUT2D eigenvalue weighted by molar-refractivity contribution is 7.47. The Morgan fingerprint density at radius 1 is 0.660 bits per heavy atom. The van der Waals surface area contributed by atoms with E-state index in [1.54, 1.807) is 0 Å². The minimum absolute atomic E-state index is 0.0423. The lowest BCUT2D eigenvalue weighted by Crippen LogP contribution is -2.29. The van der Waals surface area contributed by atoms with E-state index in [4.69, 9.17) is 24.3 Å². The Morgan fingerprint density at radius 3 is 1.72 bits per heavy atom. The zero-order valence-corrected chi connectivity index (χ0v) is 30.1. The highest BCUT2D eigenvalue weighted by Crippen LogP contribution is 2.43. The number of nitrogens with two attached hydrogens (primary N) is 1. The zero-order chi connectivity index (χ0) is 34.7. The lowest BCUT2D eigenvalue weighted by molar-refractivity contribution is -0.161. The molecule has 270 valence electrons. The van der Waals surface area contributed by atoms with E-state index in [0.29, 0.717) is 12.8 Å². The van der Waals surface area contributed by atoms with Crippen molar-refractivity contribution in [2.75, 3.05) is 26.4 Å². The average molecular weight is 682 g/mol. The van der Waals surface area contributed by atoms with Gasteiger partial charge < -0.3 is 20.1 Å². The molecular weight excluding hydrogens is 617 g/mol. The van der Waals surface area contributed by atoms with Gasteiger partial charge in [-0.2, -0.15) is 0 Å². The molecule has 0 aromatic heterocycles. The second-order valence-corrected chi connectivity index (χ2v) is 12.8. The monoisotopic (exact) mass is 681 g/mol. The molecule has 47 heavy (non-hydrogen) atoms. The molecule has 0 heterocycles. The summed E-state index contributed by atoms with van der Waals surface area (Å²) in [5.41, 5.74) is 5.31. The first-order valence-corrected chi connectivity index (χ1v) is 19.3. The summed E-state index contributed by atoms with van der Waals surface area (Å²) in [6, 6.07) is 0. The van der Waals surface area contributed by atoms with Gasteiger partial charge in [-0.3, -0.25) is 18.6 Å². The Labute approximate surface area is 285 Å². The summed E-state index contributed by atoms with van der Waals surface area (Å²) in [5, 5.41) is 0. The molecule has 0 saturated heterocycles. The fraction of sp³-hybridized carbons (Fsp3) is 0.676. The van der Waals surface area contributed by atoms with Gasteiger partial charge in [0.05, 0.1) is 13.2 Å². The van der Waals surface area contributed by atoms with E-state index in [9.17, 15) is 19.0 Å². The van der Waals surface area contributed by atoms with Crippen molar-refractivity contribution in [2.24, 2.45) is 5.73 Å². The summed E-state index contributed by atoms with van der Waals surface area (Å²) in [7, 11) is -4.38. The summed E-state index contributed by atoms with van der Waals surface area (Å²) in [4.78, 5) is 34.5. The molecule has 2 unspecified atom stereocenters. The van der Waals surface area contributed by atoms with Crippen LogP contribution in [0.4, 0.5) is 0 Å². The first-order chi connectivity index (χ1) is 22.8. The Hall–Kier alpha value is -2.29. The number of hydrogen-bond donors (Lipinski definition) is 2. The number of phosphoric acid groups is 1. The van der Waals surface area contributed by atoms with Crippen molar-refractivity contribution in [3.8, 4) is 0 Å². The summed E-state index contributed by atoms with van der Waals surface area (Å²) < 4.78 is 32.5. The van der Waals surface area contributed by atoms with Crippen LogP contribution in [0.5, 0.6) is 0 Å². The number of allylic oxidation sites excluding steroid dienone is 10. The first-order valence-electron chi connectivity index (χ1n) is 17.8. The van der Waals surface area contributed by atoms with Gasteiger partial charge in [0.1, 0.15) is 6.61 Å². The van der Waals surface area contributed by atoms with Crippen LogP contribution in [0.3, 0.4) is 0 Å². The molecular formula is C37H64NO8P. The van der Waals surface area contributed by atoms with Crippen molar-refractivity contribution in [3.05, 3.63) is 60.8 Å². The lowest BCUT2D eigenvalue weighted by atomic mass is 10.1. The number of unbranched alkanes of at least 4 members (excludes halogenated alkanes) is 9. The van der Waals surface area contributed by atoms with Crippen LogP contribution >= 0.6 is 7.82 Å². The van der Waals surface area contributed by atoms with Gasteiger partial charge in [0.2, 0.25) is 0 Å². The third-order valence-corrected chi connectivity index (χ3v) is 7.90. The molecule has 0 fully saturated rings. The van der Waals surface area contributed by atoms with Crippen LogP contribution in [0.25, 0.3) is 0 Å². The van der Waals surface area contributed by atoms with Crippen LogP contribution in [0.15, 0.2) is 60.8 Å². The van der Waals surface area contributed by atoms with Crippen molar-refractivity contribution < 1.29 is 37.6 Å². The van der Waals surface area contributed by atoms with Gasteiger partial charge in [0.25, 0.3) is 0 Å². The van der Waals surface area contributed by atoms with Crippen molar-refractivity contribution >= 4 is 19.8 Å². The maximum absolute atomic E-state index is 12.5. The van der Waals surface area contributed by atoms with E-state index < -0.39 is 32.5 Å². The second-order valence-electron chi connectivity index (χ2n) is 11.4. The normalized spacial score (nSPS) is 14.2. The second kappa shape index (κ2) is 33.6. The van der Waals surface area contributed by atoms with Gasteiger partial charge in [-0.15, -0.1) is 0 Å². The summed E-state index contributed by atoms with van der Waals surface area (Å²) in [5.74, 6) is -0.907. The predicted octanol–water partition coefficient (Wildman–Crippen LogP) is 9.38. The molecule has 0 spiro atoms. The van der Waals surface area contributed by atoms with Crippen LogP contribution in [0.1, 0.15) is 129 Å². The van der Waals surface area contributed by atoms with Crippen molar-refractivity contribution in [1.82, 2.24) is 0 Å². The summed E-state index contributed by atoms with van der Waals surface area (Å²) >= 11 is 0. The fourth-order valence-corrected chi connectivity index (χ4v) is 5.08. The van der Waals surface area contributed by atoms with Crippen LogP contribution in [-0.4, -0.2) is 49.3 Å². The Morgan fingerprint density at radius 2 is 1.17 bits per heavy atom. The van der Waals surface area contributed by atoms with E-state index in [2.05, 4.69) is 68.5 Å². The molecule has 2 atom stereocenters. The maximum atomic E-state index is 12.5. The van der Waals surface area contributed by atoms with Gasteiger partial charge in [0.15, 0.2) is 6.10 Å². The molecule has 0 aliphatic carbocycles. The molecule has 0 aromatic rings. The molecule has 0 saturated carbocycles. The number of hydrogen-bond acceptors (Lipinski definition) is 8. The number of rotatable bonds is 32. The first kappa shape index (κ1) is 44.7. The van der Waals surface area contributed by atoms with E-state index in [1.807, 2.05) is 6.08 Å². The Kier molecular flexibility index (Phi) is 32.0. The standard InChI is InChI=1S/C37H64NO8P/c1-3-5-7-9-11-13-14-15-16-17-18-19-20-22-24-26-28-30-37(40)46-35(34-45-47(41,42)44-32-31-38)33-43-36(39)29-27-25-23-21-12-10-8-6-4-2/h5,7,11,13,15-16,18-19,22,24,35H,3-4,6,8-10,12,14,17,20-21,23,25-34,38H2,1-2H3,(H,41,42)/b7-5-,13-11-,16-15-,19-18-,24-22-. The Balaban J connectivity index is 4.38. The summed E-state index contributed by atoms with van der Waals surface area (Å²) in [6.07, 6.45) is 37.0. The number of carbonyl (C=O) groups is 2. The molecule has 0 radical (unpaired) electrons. The minimum Gasteiger partial charge on any atom is -0.462 e.